The van der Waals surface area contributed by atoms with Crippen LogP contribution in [0.5, 0.6) is 0 Å². The van der Waals surface area contributed by atoms with Gasteiger partial charge in [0.25, 0.3) is 0 Å². The molecule has 17 heavy (non-hydrogen) atoms. The van der Waals surface area contributed by atoms with Gasteiger partial charge in [-0.3, -0.25) is 0 Å². The van der Waals surface area contributed by atoms with Crippen LogP contribution in [0.2, 0.25) is 0 Å². The van der Waals surface area contributed by atoms with Crippen LogP contribution in [0.3, 0.4) is 0 Å². The molecular weight excluding hydrogens is 208 g/mol. The number of para-hydroxylation sites is 1. The fraction of sp³-hybridized carbons (Fsp3) is 0.533. The first-order chi connectivity index (χ1) is 8.13. The van der Waals surface area contributed by atoms with Crippen molar-refractivity contribution in [1.82, 2.24) is 0 Å². The average molecular weight is 228 g/mol. The van der Waals surface area contributed by atoms with Crippen molar-refractivity contribution in [1.29, 1.82) is 5.26 Å². The zero-order valence-corrected chi connectivity index (χ0v) is 10.9. The Labute approximate surface area is 104 Å². The van der Waals surface area contributed by atoms with Crippen molar-refractivity contribution in [3.8, 4) is 6.07 Å². The molecule has 2 nitrogen and oxygen atoms in total. The van der Waals surface area contributed by atoms with Gasteiger partial charge in [0.2, 0.25) is 0 Å². The topological polar surface area (TPSA) is 27.0 Å². The minimum Gasteiger partial charge on any atom is -0.368 e. The maximum absolute atomic E-state index is 9.24. The number of rotatable bonds is 1. The highest BCUT2D eigenvalue weighted by atomic mass is 15.2. The fourth-order valence-electron chi connectivity index (χ4n) is 2.87. The van der Waals surface area contributed by atoms with E-state index in [0.717, 1.165) is 23.7 Å². The van der Waals surface area contributed by atoms with Gasteiger partial charge in [-0.1, -0.05) is 19.1 Å². The first kappa shape index (κ1) is 12.0. The molecular formula is C15H20N2. The second-order valence-corrected chi connectivity index (χ2v) is 5.25. The molecule has 1 aliphatic heterocycles. The molecule has 2 heteroatoms. The van der Waals surface area contributed by atoms with Crippen molar-refractivity contribution in [2.75, 3.05) is 11.4 Å². The van der Waals surface area contributed by atoms with Gasteiger partial charge >= 0.3 is 0 Å². The highest BCUT2D eigenvalue weighted by Crippen LogP contribution is 2.32. The summed E-state index contributed by atoms with van der Waals surface area (Å²) in [5, 5.41) is 9.24. The number of nitrogens with zero attached hydrogens (tertiary/aromatic N) is 2. The lowest BCUT2D eigenvalue weighted by atomic mass is 9.91. The van der Waals surface area contributed by atoms with Crippen molar-refractivity contribution in [2.45, 2.75) is 39.7 Å². The molecule has 0 aliphatic carbocycles. The minimum atomic E-state index is 0.534. The summed E-state index contributed by atoms with van der Waals surface area (Å²) in [7, 11) is 0. The molecule has 1 fully saturated rings. The Bertz CT molecular complexity index is 445. The monoisotopic (exact) mass is 228 g/mol. The molecule has 0 spiro atoms. The first-order valence-corrected chi connectivity index (χ1v) is 6.40. The van der Waals surface area contributed by atoms with Gasteiger partial charge in [-0.2, -0.15) is 5.26 Å². The van der Waals surface area contributed by atoms with E-state index in [-0.39, 0.29) is 0 Å². The van der Waals surface area contributed by atoms with Crippen LogP contribution in [0.1, 0.15) is 37.8 Å². The number of hydrogen-bond acceptors (Lipinski definition) is 2. The van der Waals surface area contributed by atoms with E-state index in [2.05, 4.69) is 37.8 Å². The van der Waals surface area contributed by atoms with E-state index in [1.54, 1.807) is 0 Å². The third-order valence-electron chi connectivity index (χ3n) is 3.78. The number of piperidine rings is 1. The van der Waals surface area contributed by atoms with E-state index in [4.69, 9.17) is 0 Å². The van der Waals surface area contributed by atoms with Crippen LogP contribution >= 0.6 is 0 Å². The smallest absolute Gasteiger partial charge is 0.101 e. The molecule has 1 aromatic carbocycles. The van der Waals surface area contributed by atoms with Gasteiger partial charge in [0.1, 0.15) is 6.07 Å². The van der Waals surface area contributed by atoms with Crippen molar-refractivity contribution < 1.29 is 0 Å². The highest BCUT2D eigenvalue weighted by Gasteiger charge is 2.25. The SMILES string of the molecule is Cc1cccc(C#N)c1N1CCC(C)CC1C. The molecule has 0 bridgehead atoms. The fourth-order valence-corrected chi connectivity index (χ4v) is 2.87. The summed E-state index contributed by atoms with van der Waals surface area (Å²) in [4.78, 5) is 2.41. The highest BCUT2D eigenvalue weighted by molar-refractivity contribution is 5.64. The van der Waals surface area contributed by atoms with Crippen LogP contribution < -0.4 is 4.90 Å². The maximum atomic E-state index is 9.24. The number of hydrogen-bond donors (Lipinski definition) is 0. The summed E-state index contributed by atoms with van der Waals surface area (Å²) in [5.41, 5.74) is 3.17. The van der Waals surface area contributed by atoms with Crippen molar-refractivity contribution in [2.24, 2.45) is 5.92 Å². The van der Waals surface area contributed by atoms with Crippen molar-refractivity contribution >= 4 is 5.69 Å². The lowest BCUT2D eigenvalue weighted by Crippen LogP contribution is -2.41. The summed E-state index contributed by atoms with van der Waals surface area (Å²) in [6, 6.07) is 8.85. The number of aryl methyl sites for hydroxylation is 1. The zero-order chi connectivity index (χ0) is 12.4. The molecule has 1 aliphatic rings. The van der Waals surface area contributed by atoms with Crippen LogP contribution in [0.25, 0.3) is 0 Å². The Balaban J connectivity index is 2.37. The number of nitriles is 1. The van der Waals surface area contributed by atoms with E-state index in [1.165, 1.54) is 18.4 Å². The van der Waals surface area contributed by atoms with Gasteiger partial charge < -0.3 is 4.90 Å². The normalized spacial score (nSPS) is 24.5. The van der Waals surface area contributed by atoms with Gasteiger partial charge in [-0.05, 0) is 44.2 Å². The summed E-state index contributed by atoms with van der Waals surface area (Å²) < 4.78 is 0. The molecule has 1 heterocycles. The van der Waals surface area contributed by atoms with E-state index in [9.17, 15) is 5.26 Å². The van der Waals surface area contributed by atoms with Crippen LogP contribution in [0.15, 0.2) is 18.2 Å². The van der Waals surface area contributed by atoms with Gasteiger partial charge in [0.15, 0.2) is 0 Å². The molecule has 0 saturated carbocycles. The molecule has 0 amide bonds. The van der Waals surface area contributed by atoms with Crippen LogP contribution in [-0.2, 0) is 0 Å². The predicted molar refractivity (Wildman–Crippen MR) is 71.1 cm³/mol. The molecule has 0 radical (unpaired) electrons. The molecule has 2 rings (SSSR count). The minimum absolute atomic E-state index is 0.534. The Hall–Kier alpha value is -1.49. The second kappa shape index (κ2) is 4.79. The quantitative estimate of drug-likeness (QED) is 0.735. The summed E-state index contributed by atoms with van der Waals surface area (Å²) in [5.74, 6) is 0.802. The van der Waals surface area contributed by atoms with E-state index < -0.39 is 0 Å². The van der Waals surface area contributed by atoms with Crippen molar-refractivity contribution in [3.63, 3.8) is 0 Å². The van der Waals surface area contributed by atoms with E-state index >= 15 is 0 Å². The Kier molecular flexibility index (Phi) is 3.38. The molecule has 0 N–H and O–H groups in total. The van der Waals surface area contributed by atoms with Crippen LogP contribution in [-0.4, -0.2) is 12.6 Å². The van der Waals surface area contributed by atoms with Gasteiger partial charge in [0, 0.05) is 12.6 Å². The molecule has 1 aromatic rings. The summed E-state index contributed by atoms with van der Waals surface area (Å²) in [6.07, 6.45) is 2.45. The molecule has 0 aromatic heterocycles. The second-order valence-electron chi connectivity index (χ2n) is 5.25. The van der Waals surface area contributed by atoms with E-state index in [0.29, 0.717) is 6.04 Å². The molecule has 2 atom stereocenters. The third kappa shape index (κ3) is 2.29. The van der Waals surface area contributed by atoms with E-state index in [1.807, 2.05) is 12.1 Å². The summed E-state index contributed by atoms with van der Waals surface area (Å²) in [6.45, 7) is 7.75. The van der Waals surface area contributed by atoms with Crippen LogP contribution in [0, 0.1) is 24.2 Å². The lowest BCUT2D eigenvalue weighted by molar-refractivity contribution is 0.377. The van der Waals surface area contributed by atoms with Gasteiger partial charge in [0.05, 0.1) is 11.3 Å². The maximum Gasteiger partial charge on any atom is 0.101 e. The first-order valence-electron chi connectivity index (χ1n) is 6.40. The number of anilines is 1. The number of benzene rings is 1. The Morgan fingerprint density at radius 2 is 2.12 bits per heavy atom. The third-order valence-corrected chi connectivity index (χ3v) is 3.78. The standard InChI is InChI=1S/C15H20N2/c1-11-7-8-17(13(3)9-11)15-12(2)5-4-6-14(15)10-16/h4-6,11,13H,7-9H2,1-3H3. The largest absolute Gasteiger partial charge is 0.368 e. The van der Waals surface area contributed by atoms with Crippen LogP contribution in [0.4, 0.5) is 5.69 Å². The lowest BCUT2D eigenvalue weighted by Gasteiger charge is -2.39. The van der Waals surface area contributed by atoms with Gasteiger partial charge in [-0.25, -0.2) is 0 Å². The van der Waals surface area contributed by atoms with Crippen molar-refractivity contribution in [3.05, 3.63) is 29.3 Å². The Morgan fingerprint density at radius 3 is 2.76 bits per heavy atom. The summed E-state index contributed by atoms with van der Waals surface area (Å²) >= 11 is 0. The molecule has 90 valence electrons. The zero-order valence-electron chi connectivity index (χ0n) is 10.9. The predicted octanol–water partition coefficient (Wildman–Crippen LogP) is 3.49. The average Bonchev–Trinajstić information content (AvgIpc) is 2.30. The Morgan fingerprint density at radius 1 is 1.35 bits per heavy atom. The van der Waals surface area contributed by atoms with Gasteiger partial charge in [-0.15, -0.1) is 0 Å². The molecule has 2 unspecified atom stereocenters. The molecule has 1 saturated heterocycles.